The first-order valence-corrected chi connectivity index (χ1v) is 7.89. The molecule has 1 heterocycles. The molecular formula is C15H22N2OS. The average Bonchev–Trinajstić information content (AvgIpc) is 2.46. The molecule has 0 spiro atoms. The van der Waals surface area contributed by atoms with Crippen molar-refractivity contribution in [1.82, 2.24) is 5.32 Å². The van der Waals surface area contributed by atoms with Crippen LogP contribution in [0.2, 0.25) is 0 Å². The van der Waals surface area contributed by atoms with Gasteiger partial charge < -0.3 is 11.1 Å². The predicted molar refractivity (Wildman–Crippen MR) is 80.1 cm³/mol. The van der Waals surface area contributed by atoms with Crippen LogP contribution >= 0.6 is 11.8 Å². The Morgan fingerprint density at radius 2 is 2.26 bits per heavy atom. The zero-order chi connectivity index (χ0) is 13.8. The van der Waals surface area contributed by atoms with Crippen molar-refractivity contribution in [3.05, 3.63) is 29.8 Å². The Hall–Kier alpha value is -1.00. The van der Waals surface area contributed by atoms with Crippen LogP contribution in [0.5, 0.6) is 0 Å². The molecule has 0 aromatic heterocycles. The second-order valence-corrected chi connectivity index (χ2v) is 6.28. The van der Waals surface area contributed by atoms with Crippen LogP contribution in [-0.4, -0.2) is 17.7 Å². The molecule has 2 rings (SSSR count). The molecule has 1 aliphatic rings. The minimum absolute atomic E-state index is 0.0268. The smallest absolute Gasteiger partial charge is 0.237 e. The third-order valence-corrected chi connectivity index (χ3v) is 4.96. The predicted octanol–water partition coefficient (Wildman–Crippen LogP) is 2.71. The van der Waals surface area contributed by atoms with E-state index < -0.39 is 6.04 Å². The number of fused-ring (bicyclic) bond motifs is 1. The molecule has 1 aromatic carbocycles. The topological polar surface area (TPSA) is 55.1 Å². The van der Waals surface area contributed by atoms with Gasteiger partial charge in [0.1, 0.15) is 0 Å². The Morgan fingerprint density at radius 3 is 3.00 bits per heavy atom. The van der Waals surface area contributed by atoms with Gasteiger partial charge in [0.2, 0.25) is 5.91 Å². The molecule has 1 unspecified atom stereocenters. The first-order valence-electron chi connectivity index (χ1n) is 6.91. The van der Waals surface area contributed by atoms with Crippen molar-refractivity contribution in [2.24, 2.45) is 11.7 Å². The van der Waals surface area contributed by atoms with E-state index >= 15 is 0 Å². The summed E-state index contributed by atoms with van der Waals surface area (Å²) in [5, 5.41) is 3.11. The van der Waals surface area contributed by atoms with Crippen molar-refractivity contribution in [3.63, 3.8) is 0 Å². The molecule has 19 heavy (non-hydrogen) atoms. The highest BCUT2D eigenvalue weighted by atomic mass is 32.2. The van der Waals surface area contributed by atoms with E-state index in [0.29, 0.717) is 0 Å². The highest BCUT2D eigenvalue weighted by Crippen LogP contribution is 2.35. The molecular weight excluding hydrogens is 256 g/mol. The average molecular weight is 278 g/mol. The first kappa shape index (κ1) is 14.4. The molecule has 3 nitrogen and oxygen atoms in total. The second-order valence-electron chi connectivity index (χ2n) is 5.15. The lowest BCUT2D eigenvalue weighted by Gasteiger charge is -2.28. The summed E-state index contributed by atoms with van der Waals surface area (Å²) >= 11 is 1.86. The van der Waals surface area contributed by atoms with Gasteiger partial charge in [0.05, 0.1) is 12.1 Å². The Morgan fingerprint density at radius 1 is 1.53 bits per heavy atom. The molecule has 1 aliphatic heterocycles. The fraction of sp³-hybridized carbons (Fsp3) is 0.533. The minimum atomic E-state index is -0.410. The van der Waals surface area contributed by atoms with E-state index in [-0.39, 0.29) is 17.9 Å². The quantitative estimate of drug-likeness (QED) is 0.890. The summed E-state index contributed by atoms with van der Waals surface area (Å²) in [6.07, 6.45) is 1.90. The Labute approximate surface area is 119 Å². The summed E-state index contributed by atoms with van der Waals surface area (Å²) in [6.45, 7) is 4.08. The molecule has 4 heteroatoms. The van der Waals surface area contributed by atoms with E-state index in [1.807, 2.05) is 30.8 Å². The SMILES string of the molecule is CC[C@H](C)[C@H](N)C(=O)NC1CCSc2ccccc21. The van der Waals surface area contributed by atoms with Crippen molar-refractivity contribution in [2.75, 3.05) is 5.75 Å². The number of thioether (sulfide) groups is 1. The molecule has 1 aromatic rings. The first-order chi connectivity index (χ1) is 9.13. The van der Waals surface area contributed by atoms with Gasteiger partial charge in [0, 0.05) is 10.6 Å². The number of carbonyl (C=O) groups is 1. The fourth-order valence-electron chi connectivity index (χ4n) is 2.27. The highest BCUT2D eigenvalue weighted by Gasteiger charge is 2.26. The third-order valence-electron chi connectivity index (χ3n) is 3.83. The Bertz CT molecular complexity index is 450. The van der Waals surface area contributed by atoms with E-state index in [9.17, 15) is 4.79 Å². The van der Waals surface area contributed by atoms with E-state index in [2.05, 4.69) is 24.4 Å². The molecule has 0 bridgehead atoms. The monoisotopic (exact) mass is 278 g/mol. The van der Waals surface area contributed by atoms with Crippen molar-refractivity contribution in [1.29, 1.82) is 0 Å². The van der Waals surface area contributed by atoms with Crippen LogP contribution in [0.1, 0.15) is 38.3 Å². The van der Waals surface area contributed by atoms with Gasteiger partial charge in [-0.3, -0.25) is 4.79 Å². The van der Waals surface area contributed by atoms with E-state index in [0.717, 1.165) is 18.6 Å². The molecule has 3 atom stereocenters. The van der Waals surface area contributed by atoms with Crippen LogP contribution in [0.15, 0.2) is 29.2 Å². The Kier molecular flexibility index (Phi) is 4.88. The van der Waals surface area contributed by atoms with Crippen LogP contribution in [0.3, 0.4) is 0 Å². The summed E-state index contributed by atoms with van der Waals surface area (Å²) in [5.41, 5.74) is 7.22. The summed E-state index contributed by atoms with van der Waals surface area (Å²) in [4.78, 5) is 13.5. The number of rotatable bonds is 4. The number of amides is 1. The number of hydrogen-bond acceptors (Lipinski definition) is 3. The zero-order valence-electron chi connectivity index (χ0n) is 11.6. The van der Waals surface area contributed by atoms with Crippen molar-refractivity contribution >= 4 is 17.7 Å². The maximum Gasteiger partial charge on any atom is 0.237 e. The lowest BCUT2D eigenvalue weighted by molar-refractivity contribution is -0.124. The summed E-state index contributed by atoms with van der Waals surface area (Å²) < 4.78 is 0. The van der Waals surface area contributed by atoms with Gasteiger partial charge in [-0.05, 0) is 24.0 Å². The van der Waals surface area contributed by atoms with Gasteiger partial charge in [-0.25, -0.2) is 0 Å². The van der Waals surface area contributed by atoms with E-state index in [1.165, 1.54) is 10.5 Å². The molecule has 0 saturated carbocycles. The number of benzene rings is 1. The molecule has 0 fully saturated rings. The summed E-state index contributed by atoms with van der Waals surface area (Å²) in [5.74, 6) is 1.23. The highest BCUT2D eigenvalue weighted by molar-refractivity contribution is 7.99. The second kappa shape index (κ2) is 6.44. The van der Waals surface area contributed by atoms with Gasteiger partial charge in [-0.15, -0.1) is 11.8 Å². The van der Waals surface area contributed by atoms with Crippen LogP contribution in [0.4, 0.5) is 0 Å². The summed E-state index contributed by atoms with van der Waals surface area (Å²) in [6, 6.07) is 7.99. The fourth-order valence-corrected chi connectivity index (χ4v) is 3.40. The molecule has 0 saturated heterocycles. The number of hydrogen-bond donors (Lipinski definition) is 2. The Balaban J connectivity index is 2.06. The van der Waals surface area contributed by atoms with Gasteiger partial charge in [0.25, 0.3) is 0 Å². The molecule has 0 aliphatic carbocycles. The maximum absolute atomic E-state index is 12.2. The van der Waals surface area contributed by atoms with Crippen LogP contribution in [0.25, 0.3) is 0 Å². The zero-order valence-corrected chi connectivity index (χ0v) is 12.4. The summed E-state index contributed by atoms with van der Waals surface area (Å²) in [7, 11) is 0. The van der Waals surface area contributed by atoms with Gasteiger partial charge in [0.15, 0.2) is 0 Å². The third kappa shape index (κ3) is 3.31. The van der Waals surface area contributed by atoms with E-state index in [4.69, 9.17) is 5.73 Å². The maximum atomic E-state index is 12.2. The van der Waals surface area contributed by atoms with Gasteiger partial charge in [-0.1, -0.05) is 38.5 Å². The van der Waals surface area contributed by atoms with Crippen LogP contribution in [-0.2, 0) is 4.79 Å². The van der Waals surface area contributed by atoms with Crippen molar-refractivity contribution in [2.45, 2.75) is 43.7 Å². The number of nitrogens with two attached hydrogens (primary N) is 1. The van der Waals surface area contributed by atoms with Crippen molar-refractivity contribution < 1.29 is 4.79 Å². The molecule has 0 radical (unpaired) electrons. The van der Waals surface area contributed by atoms with Gasteiger partial charge in [-0.2, -0.15) is 0 Å². The van der Waals surface area contributed by atoms with E-state index in [1.54, 1.807) is 0 Å². The normalized spacial score (nSPS) is 21.3. The molecule has 1 amide bonds. The standard InChI is InChI=1S/C15H22N2OS/c1-3-10(2)14(16)15(18)17-12-8-9-19-13-7-5-4-6-11(12)13/h4-7,10,12,14H,3,8-9,16H2,1-2H3,(H,17,18)/t10-,12?,14-/m0/s1. The molecule has 104 valence electrons. The number of nitrogens with one attached hydrogen (secondary N) is 1. The van der Waals surface area contributed by atoms with Crippen molar-refractivity contribution in [3.8, 4) is 0 Å². The van der Waals surface area contributed by atoms with Crippen LogP contribution < -0.4 is 11.1 Å². The minimum Gasteiger partial charge on any atom is -0.348 e. The van der Waals surface area contributed by atoms with Gasteiger partial charge >= 0.3 is 0 Å². The lowest BCUT2D eigenvalue weighted by Crippen LogP contribution is -2.46. The lowest BCUT2D eigenvalue weighted by atomic mass is 9.97. The largest absolute Gasteiger partial charge is 0.348 e. The molecule has 3 N–H and O–H groups in total. The number of carbonyl (C=O) groups excluding carboxylic acids is 1. The van der Waals surface area contributed by atoms with Crippen LogP contribution in [0, 0.1) is 5.92 Å².